The highest BCUT2D eigenvalue weighted by atomic mass is 19.4. The average Bonchev–Trinajstić information content (AvgIpc) is 0.837. The number of nitrogen functional groups attached to an aromatic ring is 1. The molecule has 13 atom stereocenters. The minimum Gasteiger partial charge on any atom is -0.480 e. The summed E-state index contributed by atoms with van der Waals surface area (Å²) in [4.78, 5) is 206. The van der Waals surface area contributed by atoms with E-state index in [0.29, 0.717) is 18.1 Å². The third kappa shape index (κ3) is 35.7. The number of halogens is 6. The molecule has 36 nitrogen and oxygen atoms in total. The van der Waals surface area contributed by atoms with Crippen LogP contribution in [0.15, 0.2) is 59.6 Å². The number of hydrogen-bond acceptors (Lipinski definition) is 21. The molecule has 0 saturated carbocycles. The van der Waals surface area contributed by atoms with Crippen molar-refractivity contribution in [3.63, 3.8) is 0 Å². The Balaban J connectivity index is 2.63. The van der Waals surface area contributed by atoms with Gasteiger partial charge in [-0.05, 0) is 91.9 Å². The molecule has 0 aliphatic heterocycles. The average molecular weight is 1600 g/mol. The number of amides is 12. The van der Waals surface area contributed by atoms with E-state index in [-0.39, 0.29) is 75.6 Å². The molecule has 626 valence electrons. The van der Waals surface area contributed by atoms with Gasteiger partial charge >= 0.3 is 36.4 Å². The first-order valence-electron chi connectivity index (χ1n) is 35.6. The highest BCUT2D eigenvalue weighted by Gasteiger charge is 2.46. The maximum atomic E-state index is 14.9. The molecule has 0 bridgehead atoms. The lowest BCUT2D eigenvalue weighted by molar-refractivity contribution is -0.205. The Morgan fingerprint density at radius 2 is 0.973 bits per heavy atom. The number of carboxylic acid groups (broad SMARTS) is 1. The van der Waals surface area contributed by atoms with Crippen molar-refractivity contribution in [2.75, 3.05) is 25.4 Å². The van der Waals surface area contributed by atoms with Crippen LogP contribution in [-0.4, -0.2) is 210 Å². The number of aliphatic hydroxyl groups excluding tert-OH is 1. The van der Waals surface area contributed by atoms with E-state index in [9.17, 15) is 108 Å². The van der Waals surface area contributed by atoms with Crippen LogP contribution in [0.4, 0.5) is 36.8 Å². The number of alkyl halides is 6. The molecule has 1 unspecified atom stereocenters. The highest BCUT2D eigenvalue weighted by molar-refractivity contribution is 6.00. The van der Waals surface area contributed by atoms with E-state index in [1.54, 1.807) is 95.4 Å². The van der Waals surface area contributed by atoms with Crippen molar-refractivity contribution in [3.05, 3.63) is 65.7 Å². The number of benzene rings is 2. The number of esters is 2. The number of aliphatic imine (C=N–C) groups is 1. The standard InChI is InChI=1S/C70H104F6N16O20/c1-12-37(10)51(62(103)91-52(38(11)112-66(108)70(74,75)76)61(102)82-30-50(94)83-47(29-49(78)93)59(100)88-48(64(105)106)32-110-65(107)69(71,72)73)90-55(96)42(22-17-23-81-67(79)80)84-56(97)44(25-34(4)5)87-63(104)53(54(95)36(8)9)92-60(101)46(28-40-20-16-21-41(77)27-40)86-57(98)43(24-33(2)3)85-58(99)45(26-35(6)7)89-68(109)111-31-39-18-14-13-15-19-39/h13-16,18-21,27,33-38,42-48,51-54,95H,12,17,22-26,28-32,77H2,1-11H3,(H2,78,93)(H,82,102)(H,83,94)(H,84,97)(H,85,99)(H,86,98)(H,87,104)(H,88,100)(H,89,109)(H,90,96)(H,91,103)(H,92,101)(H,105,106)(H4,79,80,81)/t37-,38+,42+,43-,44-,45+,46-,47-,48-,51-,52-,53-,54?/m0/s1. The molecule has 21 N–H and O–H groups in total. The number of ether oxygens (including phenoxy) is 3. The lowest BCUT2D eigenvalue weighted by Gasteiger charge is -2.31. The number of carbonyl (C=O) groups is 15. The van der Waals surface area contributed by atoms with E-state index in [0.717, 1.165) is 0 Å². The molecule has 0 spiro atoms. The Hall–Kier alpha value is -11.1. The highest BCUT2D eigenvalue weighted by Crippen LogP contribution is 2.22. The largest absolute Gasteiger partial charge is 0.490 e. The van der Waals surface area contributed by atoms with E-state index in [1.165, 1.54) is 33.8 Å². The van der Waals surface area contributed by atoms with E-state index in [2.05, 4.69) is 57.0 Å². The fourth-order valence-corrected chi connectivity index (χ4v) is 10.5. The molecule has 0 fully saturated rings. The third-order valence-electron chi connectivity index (χ3n) is 16.5. The van der Waals surface area contributed by atoms with Crippen LogP contribution in [0.3, 0.4) is 0 Å². The van der Waals surface area contributed by atoms with Gasteiger partial charge in [0.1, 0.15) is 73.7 Å². The minimum atomic E-state index is -5.72. The van der Waals surface area contributed by atoms with Crippen LogP contribution >= 0.6 is 0 Å². The second-order valence-electron chi connectivity index (χ2n) is 28.0. The zero-order chi connectivity index (χ0) is 85.2. The molecule has 42 heteroatoms. The summed E-state index contributed by atoms with van der Waals surface area (Å²) >= 11 is 0. The van der Waals surface area contributed by atoms with Gasteiger partial charge in [0.2, 0.25) is 65.0 Å². The number of hydrogen-bond donors (Lipinski definition) is 17. The molecule has 0 aromatic heterocycles. The van der Waals surface area contributed by atoms with Crippen LogP contribution in [0.5, 0.6) is 0 Å². The first-order valence-corrected chi connectivity index (χ1v) is 35.6. The summed E-state index contributed by atoms with van der Waals surface area (Å²) in [5, 5.41) is 46.6. The lowest BCUT2D eigenvalue weighted by atomic mass is 9.96. The lowest BCUT2D eigenvalue weighted by Crippen LogP contribution is -2.63. The van der Waals surface area contributed by atoms with Gasteiger partial charge in [-0.3, -0.25) is 57.7 Å². The van der Waals surface area contributed by atoms with Crippen molar-refractivity contribution >= 4 is 101 Å². The normalized spacial score (nSPS) is 15.0. The van der Waals surface area contributed by atoms with Gasteiger partial charge in [-0.2, -0.15) is 26.3 Å². The van der Waals surface area contributed by atoms with Gasteiger partial charge in [-0.15, -0.1) is 0 Å². The van der Waals surface area contributed by atoms with Crippen molar-refractivity contribution in [2.24, 2.45) is 51.8 Å². The smallest absolute Gasteiger partial charge is 0.480 e. The molecule has 2 aromatic rings. The molecule has 2 aromatic carbocycles. The summed E-state index contributed by atoms with van der Waals surface area (Å²) in [5.41, 5.74) is 23.7. The number of carboxylic acids is 1. The van der Waals surface area contributed by atoms with Gasteiger partial charge in [0.05, 0.1) is 19.1 Å². The molecule has 112 heavy (non-hydrogen) atoms. The van der Waals surface area contributed by atoms with Crippen molar-refractivity contribution in [1.82, 2.24) is 58.5 Å². The summed E-state index contributed by atoms with van der Waals surface area (Å²) in [7, 11) is 0. The molecule has 0 aliphatic carbocycles. The number of nitrogens with one attached hydrogen (secondary N) is 11. The van der Waals surface area contributed by atoms with Gasteiger partial charge in [0.15, 0.2) is 12.0 Å². The molecule has 0 radical (unpaired) electrons. The first-order chi connectivity index (χ1) is 52.0. The minimum absolute atomic E-state index is 0.00319. The molecule has 2 rings (SSSR count). The predicted molar refractivity (Wildman–Crippen MR) is 387 cm³/mol. The van der Waals surface area contributed by atoms with E-state index in [1.807, 2.05) is 10.6 Å². The molecular weight excluding hydrogens is 1500 g/mol. The SMILES string of the molecule is CC[C@H](C)[C@H](NC(=O)[C@@H](CCCN=C(N)N)NC(=O)[C@H](CC(C)C)NC(=O)[C@@H](NC(=O)[C@H](Cc1cccc(N)c1)NC(=O)[C@H](CC(C)C)NC(=O)[C@@H](CC(C)C)NC(=O)OCc1ccccc1)C(O)C(C)C)C(=O)N[C@H](C(=O)NCC(=O)N[C@@H](CC(N)=O)C(=O)N[C@@H](COC(=O)C(F)(F)F)C(=O)O)[C@@H](C)OC(=O)C(F)(F)F. The maximum Gasteiger partial charge on any atom is 0.490 e. The zero-order valence-corrected chi connectivity index (χ0v) is 63.8. The van der Waals surface area contributed by atoms with Gasteiger partial charge in [-0.25, -0.2) is 19.2 Å². The summed E-state index contributed by atoms with van der Waals surface area (Å²) < 4.78 is 92.7. The van der Waals surface area contributed by atoms with Gasteiger partial charge < -0.3 is 106 Å². The Kier molecular flexibility index (Phi) is 40.3. The van der Waals surface area contributed by atoms with Crippen LogP contribution < -0.4 is 81.4 Å². The number of anilines is 1. The number of nitrogens with zero attached hydrogens (tertiary/aromatic N) is 1. The quantitative estimate of drug-likeness (QED) is 0.00748. The summed E-state index contributed by atoms with van der Waals surface area (Å²) in [6.07, 6.45) is -18.4. The number of primary amides is 1. The number of aliphatic carboxylic acids is 1. The number of alkyl carbamates (subject to hydrolysis) is 1. The van der Waals surface area contributed by atoms with Crippen LogP contribution in [0.25, 0.3) is 0 Å². The fraction of sp³-hybridized carbons (Fsp3) is 0.600. The van der Waals surface area contributed by atoms with E-state index < -0.39 is 217 Å². The Morgan fingerprint density at radius 1 is 0.509 bits per heavy atom. The third-order valence-corrected chi connectivity index (χ3v) is 16.5. The van der Waals surface area contributed by atoms with E-state index >= 15 is 0 Å². The number of nitrogens with two attached hydrogens (primary N) is 4. The zero-order valence-electron chi connectivity index (χ0n) is 63.8. The maximum absolute atomic E-state index is 14.9. The summed E-state index contributed by atoms with van der Waals surface area (Å²) in [6, 6.07) is -3.39. The molecular formula is C70H104F6N16O20. The monoisotopic (exact) mass is 1600 g/mol. The van der Waals surface area contributed by atoms with Crippen molar-refractivity contribution in [3.8, 4) is 0 Å². The van der Waals surface area contributed by atoms with Gasteiger partial charge in [0, 0.05) is 18.7 Å². The second-order valence-corrected chi connectivity index (χ2v) is 28.0. The fourth-order valence-electron chi connectivity index (χ4n) is 10.5. The van der Waals surface area contributed by atoms with Gasteiger partial charge in [-0.1, -0.05) is 118 Å². The molecule has 0 aliphatic rings. The van der Waals surface area contributed by atoms with Crippen molar-refractivity contribution < 1.29 is 123 Å². The Labute approximate surface area is 641 Å². The van der Waals surface area contributed by atoms with Crippen molar-refractivity contribution in [1.29, 1.82) is 0 Å². The summed E-state index contributed by atoms with van der Waals surface area (Å²) in [6.45, 7) is 13.7. The summed E-state index contributed by atoms with van der Waals surface area (Å²) in [5.74, 6) is -24.6. The number of carbonyl (C=O) groups excluding carboxylic acids is 14. The number of rotatable bonds is 46. The predicted octanol–water partition coefficient (Wildman–Crippen LogP) is -0.600. The van der Waals surface area contributed by atoms with Crippen LogP contribution in [0, 0.1) is 29.6 Å². The topological polar surface area (TPSA) is 573 Å². The number of guanidine groups is 1. The second kappa shape index (κ2) is 46.5. The van der Waals surface area contributed by atoms with Crippen LogP contribution in [0.2, 0.25) is 0 Å². The van der Waals surface area contributed by atoms with Crippen molar-refractivity contribution in [2.45, 2.75) is 219 Å². The van der Waals surface area contributed by atoms with Crippen LogP contribution in [0.1, 0.15) is 132 Å². The Bertz CT molecular complexity index is 3590. The number of aliphatic hydroxyl groups is 1. The first kappa shape index (κ1) is 97.0. The van der Waals surface area contributed by atoms with Crippen LogP contribution in [-0.2, 0) is 94.4 Å². The van der Waals surface area contributed by atoms with Gasteiger partial charge in [0.25, 0.3) is 0 Å². The molecule has 12 amide bonds. The molecule has 0 heterocycles. The molecule has 0 saturated heterocycles. The Morgan fingerprint density at radius 3 is 1.47 bits per heavy atom. The van der Waals surface area contributed by atoms with E-state index in [4.69, 9.17) is 27.7 Å².